The van der Waals surface area contributed by atoms with Gasteiger partial charge in [0.1, 0.15) is 5.82 Å². The monoisotopic (exact) mass is 354 g/mol. The number of carbonyl (C=O) groups is 1. The van der Waals surface area contributed by atoms with Crippen molar-refractivity contribution < 1.29 is 9.18 Å². The van der Waals surface area contributed by atoms with Crippen molar-refractivity contribution in [2.75, 3.05) is 19.6 Å². The number of carbonyl (C=O) groups excluding carboxylic acids is 1. The van der Waals surface area contributed by atoms with Crippen molar-refractivity contribution in [2.24, 2.45) is 5.92 Å². The number of aryl methyl sites for hydroxylation is 2. The van der Waals surface area contributed by atoms with Crippen LogP contribution < -0.4 is 5.32 Å². The van der Waals surface area contributed by atoms with Crippen LogP contribution in [0.25, 0.3) is 0 Å². The smallest absolute Gasteiger partial charge is 0.251 e. The molecule has 0 radical (unpaired) electrons. The third-order valence-corrected chi connectivity index (χ3v) is 5.16. The van der Waals surface area contributed by atoms with Crippen molar-refractivity contribution in [3.8, 4) is 0 Å². The average Bonchev–Trinajstić information content (AvgIpc) is 2.64. The second kappa shape index (κ2) is 8.45. The van der Waals surface area contributed by atoms with Gasteiger partial charge in [0.15, 0.2) is 0 Å². The van der Waals surface area contributed by atoms with Gasteiger partial charge < -0.3 is 5.32 Å². The van der Waals surface area contributed by atoms with E-state index in [0.717, 1.165) is 32.5 Å². The number of likely N-dealkylation sites (tertiary alicyclic amines) is 1. The fourth-order valence-electron chi connectivity index (χ4n) is 3.61. The van der Waals surface area contributed by atoms with E-state index in [1.165, 1.54) is 41.0 Å². The molecule has 0 aromatic heterocycles. The number of nitrogens with one attached hydrogen (secondary N) is 1. The topological polar surface area (TPSA) is 32.3 Å². The van der Waals surface area contributed by atoms with E-state index in [-0.39, 0.29) is 11.7 Å². The van der Waals surface area contributed by atoms with Crippen LogP contribution in [-0.2, 0) is 6.54 Å². The van der Waals surface area contributed by atoms with E-state index >= 15 is 0 Å². The molecule has 1 atom stereocenters. The molecular formula is C22H27FN2O. The van der Waals surface area contributed by atoms with Gasteiger partial charge in [0.25, 0.3) is 5.91 Å². The Morgan fingerprint density at radius 1 is 1.19 bits per heavy atom. The Morgan fingerprint density at radius 2 is 1.96 bits per heavy atom. The molecular weight excluding hydrogens is 327 g/mol. The molecule has 1 N–H and O–H groups in total. The molecule has 4 heteroatoms. The van der Waals surface area contributed by atoms with E-state index < -0.39 is 0 Å². The van der Waals surface area contributed by atoms with Crippen molar-refractivity contribution >= 4 is 5.91 Å². The van der Waals surface area contributed by atoms with Crippen molar-refractivity contribution in [3.05, 3.63) is 70.5 Å². The summed E-state index contributed by atoms with van der Waals surface area (Å²) in [5.41, 5.74) is 4.53. The predicted molar refractivity (Wildman–Crippen MR) is 103 cm³/mol. The highest BCUT2D eigenvalue weighted by Crippen LogP contribution is 2.20. The van der Waals surface area contributed by atoms with Crippen LogP contribution in [0.2, 0.25) is 0 Å². The first kappa shape index (κ1) is 18.6. The van der Waals surface area contributed by atoms with Crippen molar-refractivity contribution in [1.82, 2.24) is 10.2 Å². The molecule has 1 amide bonds. The van der Waals surface area contributed by atoms with Gasteiger partial charge in [-0.2, -0.15) is 0 Å². The quantitative estimate of drug-likeness (QED) is 0.877. The zero-order valence-corrected chi connectivity index (χ0v) is 15.6. The minimum Gasteiger partial charge on any atom is -0.352 e. The van der Waals surface area contributed by atoms with Gasteiger partial charge in [-0.05, 0) is 74.5 Å². The van der Waals surface area contributed by atoms with Gasteiger partial charge in [-0.1, -0.05) is 23.8 Å². The Labute approximate surface area is 155 Å². The molecule has 0 spiro atoms. The van der Waals surface area contributed by atoms with Crippen molar-refractivity contribution in [1.29, 1.82) is 0 Å². The lowest BCUT2D eigenvalue weighted by molar-refractivity contribution is 0.0930. The van der Waals surface area contributed by atoms with E-state index in [4.69, 9.17) is 0 Å². The Kier molecular flexibility index (Phi) is 6.04. The summed E-state index contributed by atoms with van der Waals surface area (Å²) in [4.78, 5) is 14.7. The number of hydrogen-bond donors (Lipinski definition) is 1. The molecule has 1 saturated heterocycles. The molecule has 0 aliphatic carbocycles. The second-order valence-electron chi connectivity index (χ2n) is 7.39. The molecule has 3 nitrogen and oxygen atoms in total. The van der Waals surface area contributed by atoms with Crippen LogP contribution in [-0.4, -0.2) is 30.4 Å². The van der Waals surface area contributed by atoms with Crippen LogP contribution in [0.15, 0.2) is 42.5 Å². The molecule has 138 valence electrons. The van der Waals surface area contributed by atoms with Gasteiger partial charge in [0.2, 0.25) is 0 Å². The minimum absolute atomic E-state index is 0.128. The van der Waals surface area contributed by atoms with Gasteiger partial charge in [-0.15, -0.1) is 0 Å². The summed E-state index contributed by atoms with van der Waals surface area (Å²) in [6.07, 6.45) is 2.29. The normalized spacial score (nSPS) is 17.9. The van der Waals surface area contributed by atoms with Gasteiger partial charge in [0, 0.05) is 25.2 Å². The summed E-state index contributed by atoms with van der Waals surface area (Å²) in [5, 5.41) is 3.00. The average molecular weight is 354 g/mol. The maximum Gasteiger partial charge on any atom is 0.251 e. The number of rotatable bonds is 5. The Bertz CT molecular complexity index is 757. The number of benzene rings is 2. The lowest BCUT2D eigenvalue weighted by Crippen LogP contribution is -2.40. The first-order valence-corrected chi connectivity index (χ1v) is 9.33. The van der Waals surface area contributed by atoms with Crippen LogP contribution in [0.1, 0.15) is 39.9 Å². The lowest BCUT2D eigenvalue weighted by Gasteiger charge is -2.33. The minimum atomic E-state index is -0.323. The highest BCUT2D eigenvalue weighted by Gasteiger charge is 2.21. The number of amides is 1. The Hall–Kier alpha value is -2.20. The zero-order valence-electron chi connectivity index (χ0n) is 15.6. The number of nitrogens with zero attached hydrogens (tertiary/aromatic N) is 1. The van der Waals surface area contributed by atoms with Crippen LogP contribution in [0.4, 0.5) is 4.39 Å². The first-order valence-electron chi connectivity index (χ1n) is 9.33. The standard InChI is InChI=1S/C22H27FN2O/c1-16-5-6-17(2)20(12-16)15-25-11-3-4-18(14-25)13-24-22(26)19-7-9-21(23)10-8-19/h5-10,12,18H,3-4,11,13-15H2,1-2H3,(H,24,26)/t18-/m1/s1. The largest absolute Gasteiger partial charge is 0.352 e. The molecule has 2 aromatic carbocycles. The van der Waals surface area contributed by atoms with E-state index in [1.54, 1.807) is 0 Å². The van der Waals surface area contributed by atoms with Gasteiger partial charge in [0.05, 0.1) is 0 Å². The molecule has 0 saturated carbocycles. The fourth-order valence-corrected chi connectivity index (χ4v) is 3.61. The molecule has 26 heavy (non-hydrogen) atoms. The molecule has 2 aromatic rings. The van der Waals surface area contributed by atoms with E-state index in [9.17, 15) is 9.18 Å². The van der Waals surface area contributed by atoms with Crippen LogP contribution in [0.3, 0.4) is 0 Å². The van der Waals surface area contributed by atoms with Crippen LogP contribution in [0.5, 0.6) is 0 Å². The molecule has 1 heterocycles. The first-order chi connectivity index (χ1) is 12.5. The number of hydrogen-bond acceptors (Lipinski definition) is 2. The van der Waals surface area contributed by atoms with Gasteiger partial charge >= 0.3 is 0 Å². The van der Waals surface area contributed by atoms with E-state index in [0.29, 0.717) is 18.0 Å². The summed E-state index contributed by atoms with van der Waals surface area (Å²) in [6.45, 7) is 8.04. The summed E-state index contributed by atoms with van der Waals surface area (Å²) in [6, 6.07) is 12.3. The second-order valence-corrected chi connectivity index (χ2v) is 7.39. The SMILES string of the molecule is Cc1ccc(C)c(CN2CCC[C@H](CNC(=O)c3ccc(F)cc3)C2)c1. The highest BCUT2D eigenvalue weighted by molar-refractivity contribution is 5.94. The summed E-state index contributed by atoms with van der Waals surface area (Å²) in [7, 11) is 0. The molecule has 1 aliphatic rings. The predicted octanol–water partition coefficient (Wildman–Crippen LogP) is 4.08. The molecule has 3 rings (SSSR count). The zero-order chi connectivity index (χ0) is 18.5. The maximum atomic E-state index is 13.0. The lowest BCUT2D eigenvalue weighted by atomic mass is 9.96. The van der Waals surface area contributed by atoms with Crippen molar-refractivity contribution in [3.63, 3.8) is 0 Å². The summed E-state index contributed by atoms with van der Waals surface area (Å²) < 4.78 is 13.0. The van der Waals surface area contributed by atoms with Gasteiger partial charge in [-0.25, -0.2) is 4.39 Å². The van der Waals surface area contributed by atoms with Crippen LogP contribution in [0, 0.1) is 25.6 Å². The summed E-state index contributed by atoms with van der Waals surface area (Å²) in [5.74, 6) is 0.00540. The fraction of sp³-hybridized carbons (Fsp3) is 0.409. The third kappa shape index (κ3) is 4.92. The van der Waals surface area contributed by atoms with Crippen LogP contribution >= 0.6 is 0 Å². The third-order valence-electron chi connectivity index (χ3n) is 5.16. The number of halogens is 1. The highest BCUT2D eigenvalue weighted by atomic mass is 19.1. The molecule has 1 aliphatic heterocycles. The summed E-state index contributed by atoms with van der Waals surface area (Å²) >= 11 is 0. The Morgan fingerprint density at radius 3 is 2.73 bits per heavy atom. The maximum absolute atomic E-state index is 13.0. The Balaban J connectivity index is 1.52. The molecule has 1 fully saturated rings. The van der Waals surface area contributed by atoms with E-state index in [1.807, 2.05) is 0 Å². The molecule has 0 bridgehead atoms. The van der Waals surface area contributed by atoms with E-state index in [2.05, 4.69) is 42.3 Å². The number of piperidine rings is 1. The van der Waals surface area contributed by atoms with Crippen molar-refractivity contribution in [2.45, 2.75) is 33.2 Å². The van der Waals surface area contributed by atoms with Gasteiger partial charge in [-0.3, -0.25) is 9.69 Å². The molecule has 0 unspecified atom stereocenters.